The Kier molecular flexibility index (Phi) is 2.90. The van der Waals surface area contributed by atoms with E-state index in [1.165, 1.54) is 19.3 Å². The molecule has 2 heterocycles. The van der Waals surface area contributed by atoms with Crippen LogP contribution in [0, 0.1) is 18.8 Å². The van der Waals surface area contributed by atoms with Crippen LogP contribution in [0.1, 0.15) is 41.1 Å². The molecule has 98 valence electrons. The first-order valence-electron chi connectivity index (χ1n) is 6.68. The van der Waals surface area contributed by atoms with Gasteiger partial charge in [-0.25, -0.2) is 4.79 Å². The highest BCUT2D eigenvalue weighted by atomic mass is 16.4. The van der Waals surface area contributed by atoms with E-state index in [2.05, 4.69) is 4.90 Å². The second kappa shape index (κ2) is 4.43. The van der Waals surface area contributed by atoms with Crippen molar-refractivity contribution in [1.82, 2.24) is 4.90 Å². The lowest BCUT2D eigenvalue weighted by Gasteiger charge is -2.14. The fraction of sp³-hybridized carbons (Fsp3) is 0.643. The number of rotatable bonds is 3. The van der Waals surface area contributed by atoms with Crippen molar-refractivity contribution in [3.63, 3.8) is 0 Å². The van der Waals surface area contributed by atoms with E-state index in [9.17, 15) is 4.79 Å². The number of carboxylic acids is 1. The monoisotopic (exact) mass is 249 g/mol. The average molecular weight is 249 g/mol. The summed E-state index contributed by atoms with van der Waals surface area (Å²) in [7, 11) is 0. The van der Waals surface area contributed by atoms with E-state index in [1.54, 1.807) is 6.92 Å². The van der Waals surface area contributed by atoms with Crippen molar-refractivity contribution in [2.75, 3.05) is 13.1 Å². The van der Waals surface area contributed by atoms with E-state index in [-0.39, 0.29) is 5.76 Å². The van der Waals surface area contributed by atoms with Crippen LogP contribution in [0.4, 0.5) is 0 Å². The third-order valence-corrected chi connectivity index (χ3v) is 4.34. The van der Waals surface area contributed by atoms with Gasteiger partial charge in [-0.3, -0.25) is 4.90 Å². The molecule has 1 saturated heterocycles. The zero-order valence-corrected chi connectivity index (χ0v) is 10.7. The van der Waals surface area contributed by atoms with Crippen LogP contribution < -0.4 is 0 Å². The summed E-state index contributed by atoms with van der Waals surface area (Å²) in [5.74, 6) is 1.62. The van der Waals surface area contributed by atoms with Gasteiger partial charge in [-0.2, -0.15) is 0 Å². The predicted octanol–water partition coefficient (Wildman–Crippen LogP) is 2.52. The van der Waals surface area contributed by atoms with Gasteiger partial charge in [0.05, 0.1) is 6.54 Å². The molecule has 3 rings (SSSR count). The summed E-state index contributed by atoms with van der Waals surface area (Å²) in [6, 6.07) is 1.86. The maximum Gasteiger partial charge on any atom is 0.372 e. The summed E-state index contributed by atoms with van der Waals surface area (Å²) < 4.78 is 5.42. The average Bonchev–Trinajstić information content (AvgIpc) is 2.92. The smallest absolute Gasteiger partial charge is 0.372 e. The summed E-state index contributed by atoms with van der Waals surface area (Å²) in [6.45, 7) is 4.83. The van der Waals surface area contributed by atoms with Gasteiger partial charge < -0.3 is 9.52 Å². The highest BCUT2D eigenvalue weighted by Crippen LogP contribution is 2.38. The number of hydrogen-bond donors (Lipinski definition) is 1. The maximum atomic E-state index is 10.9. The Morgan fingerprint density at radius 2 is 2.11 bits per heavy atom. The Morgan fingerprint density at radius 3 is 2.67 bits per heavy atom. The van der Waals surface area contributed by atoms with Crippen molar-refractivity contribution < 1.29 is 14.3 Å². The molecule has 0 aromatic carbocycles. The quantitative estimate of drug-likeness (QED) is 0.894. The first kappa shape index (κ1) is 11.8. The lowest BCUT2D eigenvalue weighted by molar-refractivity contribution is 0.0657. The van der Waals surface area contributed by atoms with Gasteiger partial charge in [0.25, 0.3) is 0 Å². The van der Waals surface area contributed by atoms with Gasteiger partial charge in [0.2, 0.25) is 5.76 Å². The molecular formula is C14H19NO3. The van der Waals surface area contributed by atoms with Gasteiger partial charge >= 0.3 is 5.97 Å². The lowest BCUT2D eigenvalue weighted by Crippen LogP contribution is -2.20. The van der Waals surface area contributed by atoms with Gasteiger partial charge in [-0.05, 0) is 37.7 Å². The first-order valence-corrected chi connectivity index (χ1v) is 6.68. The minimum absolute atomic E-state index is 0.0874. The summed E-state index contributed by atoms with van der Waals surface area (Å²) in [6.07, 6.45) is 4.10. The Labute approximate surface area is 107 Å². The summed E-state index contributed by atoms with van der Waals surface area (Å²) >= 11 is 0. The molecule has 1 saturated carbocycles. The van der Waals surface area contributed by atoms with E-state index in [4.69, 9.17) is 9.52 Å². The van der Waals surface area contributed by atoms with Crippen LogP contribution in [0.2, 0.25) is 0 Å². The minimum Gasteiger partial charge on any atom is -0.475 e. The molecule has 1 aliphatic carbocycles. The van der Waals surface area contributed by atoms with Crippen molar-refractivity contribution in [2.24, 2.45) is 11.8 Å². The van der Waals surface area contributed by atoms with Crippen molar-refractivity contribution in [1.29, 1.82) is 0 Å². The summed E-state index contributed by atoms with van der Waals surface area (Å²) in [4.78, 5) is 13.3. The third kappa shape index (κ3) is 2.05. The SMILES string of the molecule is Cc1cc(CN2CC3CCCC3C2)oc1C(=O)O. The number of fused-ring (bicyclic) bond motifs is 1. The fourth-order valence-electron chi connectivity index (χ4n) is 3.52. The Balaban J connectivity index is 1.67. The molecule has 1 aromatic rings. The standard InChI is InChI=1S/C14H19NO3/c1-9-5-12(18-13(9)14(16)17)8-15-6-10-3-2-4-11(10)7-15/h5,10-11H,2-4,6-8H2,1H3,(H,16,17). The van der Waals surface area contributed by atoms with Crippen LogP contribution in [-0.2, 0) is 6.54 Å². The molecule has 2 aliphatic rings. The molecule has 0 amide bonds. The molecule has 0 bridgehead atoms. The molecule has 0 radical (unpaired) electrons. The van der Waals surface area contributed by atoms with E-state index in [1.807, 2.05) is 6.07 Å². The molecule has 2 atom stereocenters. The number of carbonyl (C=O) groups is 1. The highest BCUT2D eigenvalue weighted by molar-refractivity contribution is 5.86. The van der Waals surface area contributed by atoms with E-state index >= 15 is 0 Å². The molecular weight excluding hydrogens is 230 g/mol. The Hall–Kier alpha value is -1.29. The van der Waals surface area contributed by atoms with Crippen molar-refractivity contribution in [3.8, 4) is 0 Å². The molecule has 18 heavy (non-hydrogen) atoms. The first-order chi connectivity index (χ1) is 8.63. The molecule has 1 aliphatic heterocycles. The van der Waals surface area contributed by atoms with Crippen LogP contribution in [0.3, 0.4) is 0 Å². The second-order valence-electron chi connectivity index (χ2n) is 5.68. The second-order valence-corrected chi connectivity index (χ2v) is 5.68. The minimum atomic E-state index is -0.975. The molecule has 2 unspecified atom stereocenters. The van der Waals surface area contributed by atoms with Crippen molar-refractivity contribution >= 4 is 5.97 Å². The predicted molar refractivity (Wildman–Crippen MR) is 66.5 cm³/mol. The van der Waals surface area contributed by atoms with Gasteiger partial charge in [-0.15, -0.1) is 0 Å². The van der Waals surface area contributed by atoms with Gasteiger partial charge in [0, 0.05) is 18.7 Å². The van der Waals surface area contributed by atoms with Gasteiger partial charge in [-0.1, -0.05) is 6.42 Å². The van der Waals surface area contributed by atoms with Crippen molar-refractivity contribution in [3.05, 3.63) is 23.2 Å². The zero-order valence-electron chi connectivity index (χ0n) is 10.7. The normalized spacial score (nSPS) is 27.6. The number of carboxylic acid groups (broad SMARTS) is 1. The number of aromatic carboxylic acids is 1. The zero-order chi connectivity index (χ0) is 12.7. The number of hydrogen-bond acceptors (Lipinski definition) is 3. The highest BCUT2D eigenvalue weighted by Gasteiger charge is 2.36. The number of nitrogens with zero attached hydrogens (tertiary/aromatic N) is 1. The van der Waals surface area contributed by atoms with Crippen LogP contribution in [0.25, 0.3) is 0 Å². The molecule has 4 heteroatoms. The van der Waals surface area contributed by atoms with Crippen LogP contribution in [0.15, 0.2) is 10.5 Å². The molecule has 1 N–H and O–H groups in total. The molecule has 4 nitrogen and oxygen atoms in total. The van der Waals surface area contributed by atoms with Gasteiger partial charge in [0.15, 0.2) is 0 Å². The van der Waals surface area contributed by atoms with Crippen LogP contribution in [-0.4, -0.2) is 29.1 Å². The molecule has 2 fully saturated rings. The van der Waals surface area contributed by atoms with Gasteiger partial charge in [0.1, 0.15) is 5.76 Å². The lowest BCUT2D eigenvalue weighted by atomic mass is 10.0. The molecule has 0 spiro atoms. The Bertz CT molecular complexity index is 454. The van der Waals surface area contributed by atoms with Crippen LogP contribution in [0.5, 0.6) is 0 Å². The third-order valence-electron chi connectivity index (χ3n) is 4.34. The summed E-state index contributed by atoms with van der Waals surface area (Å²) in [5.41, 5.74) is 0.719. The summed E-state index contributed by atoms with van der Waals surface area (Å²) in [5, 5.41) is 8.96. The molecule has 1 aromatic heterocycles. The van der Waals surface area contributed by atoms with E-state index < -0.39 is 5.97 Å². The fourth-order valence-corrected chi connectivity index (χ4v) is 3.52. The maximum absolute atomic E-state index is 10.9. The number of furan rings is 1. The largest absolute Gasteiger partial charge is 0.475 e. The number of aryl methyl sites for hydroxylation is 1. The van der Waals surface area contributed by atoms with E-state index in [0.717, 1.165) is 42.8 Å². The van der Waals surface area contributed by atoms with E-state index in [0.29, 0.717) is 0 Å². The Morgan fingerprint density at radius 1 is 1.44 bits per heavy atom. The van der Waals surface area contributed by atoms with Crippen molar-refractivity contribution in [2.45, 2.75) is 32.7 Å². The topological polar surface area (TPSA) is 53.7 Å². The number of likely N-dealkylation sites (tertiary alicyclic amines) is 1. The van der Waals surface area contributed by atoms with Crippen LogP contribution >= 0.6 is 0 Å².